The van der Waals surface area contributed by atoms with Gasteiger partial charge in [-0.1, -0.05) is 19.9 Å². The molecule has 0 atom stereocenters. The van der Waals surface area contributed by atoms with Gasteiger partial charge in [-0.3, -0.25) is 14.9 Å². The van der Waals surface area contributed by atoms with Crippen molar-refractivity contribution in [2.75, 3.05) is 19.8 Å². The van der Waals surface area contributed by atoms with Crippen LogP contribution in [0.2, 0.25) is 0 Å². The summed E-state index contributed by atoms with van der Waals surface area (Å²) in [6.07, 6.45) is 0. The summed E-state index contributed by atoms with van der Waals surface area (Å²) < 4.78 is 5.26. The molecule has 0 saturated heterocycles. The van der Waals surface area contributed by atoms with E-state index in [4.69, 9.17) is 9.84 Å². The van der Waals surface area contributed by atoms with Gasteiger partial charge in [0.05, 0.1) is 17.1 Å². The zero-order valence-corrected chi connectivity index (χ0v) is 12.4. The van der Waals surface area contributed by atoms with Gasteiger partial charge in [-0.25, -0.2) is 0 Å². The average molecular weight is 296 g/mol. The first kappa shape index (κ1) is 16.9. The number of carbonyl (C=O) groups is 1. The number of amides is 1. The number of rotatable bonds is 7. The third-order valence-electron chi connectivity index (χ3n) is 2.88. The second-order valence-corrected chi connectivity index (χ2v) is 5.35. The van der Waals surface area contributed by atoms with Crippen LogP contribution in [-0.2, 0) is 0 Å². The number of ether oxygens (including phenoxy) is 1. The molecular formula is C14H20N2O5. The van der Waals surface area contributed by atoms with E-state index in [1.807, 2.05) is 0 Å². The van der Waals surface area contributed by atoms with Crippen LogP contribution in [0.1, 0.15) is 31.1 Å². The molecule has 0 bridgehead atoms. The first-order valence-corrected chi connectivity index (χ1v) is 6.61. The number of nitro groups is 1. The highest BCUT2D eigenvalue weighted by molar-refractivity contribution is 5.98. The molecule has 0 saturated carbocycles. The summed E-state index contributed by atoms with van der Waals surface area (Å²) >= 11 is 0. The van der Waals surface area contributed by atoms with Crippen LogP contribution >= 0.6 is 0 Å². The summed E-state index contributed by atoms with van der Waals surface area (Å²) in [4.78, 5) is 22.6. The summed E-state index contributed by atoms with van der Waals surface area (Å²) in [5.74, 6) is -0.507. The number of nitro benzene ring substituents is 1. The lowest BCUT2D eigenvalue weighted by atomic mass is 9.95. The van der Waals surface area contributed by atoms with Gasteiger partial charge in [0, 0.05) is 24.6 Å². The molecule has 7 nitrogen and oxygen atoms in total. The van der Waals surface area contributed by atoms with Crippen molar-refractivity contribution in [3.63, 3.8) is 0 Å². The molecule has 1 rings (SSSR count). The normalized spacial score (nSPS) is 11.0. The quantitative estimate of drug-likeness (QED) is 0.589. The van der Waals surface area contributed by atoms with E-state index in [1.54, 1.807) is 20.8 Å². The van der Waals surface area contributed by atoms with Gasteiger partial charge in [-0.05, 0) is 13.0 Å². The highest BCUT2D eigenvalue weighted by Crippen LogP contribution is 2.31. The van der Waals surface area contributed by atoms with E-state index in [0.717, 1.165) is 0 Å². The molecule has 0 radical (unpaired) electrons. The summed E-state index contributed by atoms with van der Waals surface area (Å²) in [6.45, 7) is 5.66. The maximum absolute atomic E-state index is 12.2. The monoisotopic (exact) mass is 296 g/mol. The van der Waals surface area contributed by atoms with Crippen molar-refractivity contribution in [3.8, 4) is 5.75 Å². The molecule has 0 aromatic heterocycles. The van der Waals surface area contributed by atoms with Gasteiger partial charge >= 0.3 is 5.69 Å². The van der Waals surface area contributed by atoms with Crippen LogP contribution in [0.25, 0.3) is 0 Å². The number of nitrogens with zero attached hydrogens (tertiary/aromatic N) is 1. The standard InChI is InChI=1S/C14H20N2O5/c1-4-21-12-10(6-5-7-11(12)16(19)20)13(18)15-8-14(2,3)9-17/h5-7,17H,4,8-9H2,1-3H3,(H,15,18). The number of benzene rings is 1. The number of carbonyl (C=O) groups excluding carboxylic acids is 1. The predicted molar refractivity (Wildman–Crippen MR) is 77.5 cm³/mol. The molecule has 2 N–H and O–H groups in total. The smallest absolute Gasteiger partial charge is 0.311 e. The summed E-state index contributed by atoms with van der Waals surface area (Å²) in [5.41, 5.74) is -0.604. The van der Waals surface area contributed by atoms with Crippen LogP contribution in [0, 0.1) is 15.5 Å². The van der Waals surface area contributed by atoms with Gasteiger partial charge in [-0.15, -0.1) is 0 Å². The third-order valence-corrected chi connectivity index (χ3v) is 2.88. The van der Waals surface area contributed by atoms with E-state index < -0.39 is 16.2 Å². The molecule has 7 heteroatoms. The summed E-state index contributed by atoms with van der Waals surface area (Å²) in [5, 5.41) is 22.8. The number of aliphatic hydroxyl groups is 1. The summed E-state index contributed by atoms with van der Waals surface area (Å²) in [7, 11) is 0. The highest BCUT2D eigenvalue weighted by Gasteiger charge is 2.24. The molecule has 0 aliphatic carbocycles. The second kappa shape index (κ2) is 7.03. The molecule has 1 amide bonds. The Morgan fingerprint density at radius 1 is 1.48 bits per heavy atom. The van der Waals surface area contributed by atoms with Crippen LogP contribution in [0.5, 0.6) is 5.75 Å². The second-order valence-electron chi connectivity index (χ2n) is 5.35. The molecule has 0 spiro atoms. The van der Waals surface area contributed by atoms with Gasteiger partial charge in [0.2, 0.25) is 5.75 Å². The van der Waals surface area contributed by atoms with E-state index in [0.29, 0.717) is 0 Å². The lowest BCUT2D eigenvalue weighted by Crippen LogP contribution is -2.36. The van der Waals surface area contributed by atoms with Crippen molar-refractivity contribution in [2.45, 2.75) is 20.8 Å². The Bertz CT molecular complexity index is 528. The summed E-state index contributed by atoms with van der Waals surface area (Å²) in [6, 6.07) is 4.20. The molecule has 0 fully saturated rings. The SMILES string of the molecule is CCOc1c(C(=O)NCC(C)(C)CO)cccc1[N+](=O)[O-]. The molecule has 0 aliphatic heterocycles. The molecular weight excluding hydrogens is 276 g/mol. The minimum absolute atomic E-state index is 0.0377. The first-order valence-electron chi connectivity index (χ1n) is 6.61. The maximum Gasteiger partial charge on any atom is 0.311 e. The molecule has 1 aromatic rings. The van der Waals surface area contributed by atoms with Crippen LogP contribution in [0.4, 0.5) is 5.69 Å². The Balaban J connectivity index is 3.03. The van der Waals surface area contributed by atoms with Gasteiger partial charge in [0.1, 0.15) is 0 Å². The Labute approximate surface area is 123 Å². The highest BCUT2D eigenvalue weighted by atomic mass is 16.6. The Morgan fingerprint density at radius 3 is 2.67 bits per heavy atom. The van der Waals surface area contributed by atoms with E-state index in [9.17, 15) is 14.9 Å². The lowest BCUT2D eigenvalue weighted by Gasteiger charge is -2.22. The molecule has 0 unspecified atom stereocenters. The average Bonchev–Trinajstić information content (AvgIpc) is 2.45. The van der Waals surface area contributed by atoms with E-state index in [2.05, 4.69) is 5.32 Å². The number of hydrogen-bond acceptors (Lipinski definition) is 5. The van der Waals surface area contributed by atoms with Crippen LogP contribution < -0.4 is 10.1 Å². The Hall–Kier alpha value is -2.15. The molecule has 0 heterocycles. The molecule has 21 heavy (non-hydrogen) atoms. The maximum atomic E-state index is 12.2. The van der Waals surface area contributed by atoms with Crippen LogP contribution in [0.3, 0.4) is 0 Å². The van der Waals surface area contributed by atoms with Crippen molar-refractivity contribution >= 4 is 11.6 Å². The third kappa shape index (κ3) is 4.42. The van der Waals surface area contributed by atoms with Gasteiger partial charge in [0.25, 0.3) is 5.91 Å². The number of hydrogen-bond donors (Lipinski definition) is 2. The van der Waals surface area contributed by atoms with Crippen molar-refractivity contribution in [1.82, 2.24) is 5.32 Å². The first-order chi connectivity index (χ1) is 9.82. The van der Waals surface area contributed by atoms with E-state index >= 15 is 0 Å². The van der Waals surface area contributed by atoms with Gasteiger partial charge < -0.3 is 15.2 Å². The largest absolute Gasteiger partial charge is 0.487 e. The van der Waals surface area contributed by atoms with Crippen LogP contribution in [-0.4, -0.2) is 35.7 Å². The fourth-order valence-corrected chi connectivity index (χ4v) is 1.61. The Kier molecular flexibility index (Phi) is 5.66. The topological polar surface area (TPSA) is 102 Å². The van der Waals surface area contributed by atoms with Crippen molar-refractivity contribution in [3.05, 3.63) is 33.9 Å². The molecule has 1 aromatic carbocycles. The van der Waals surface area contributed by atoms with Crippen LogP contribution in [0.15, 0.2) is 18.2 Å². The van der Waals surface area contributed by atoms with E-state index in [1.165, 1.54) is 18.2 Å². The van der Waals surface area contributed by atoms with Crippen molar-refractivity contribution in [1.29, 1.82) is 0 Å². The molecule has 0 aliphatic rings. The van der Waals surface area contributed by atoms with Crippen molar-refractivity contribution < 1.29 is 19.6 Å². The fraction of sp³-hybridized carbons (Fsp3) is 0.500. The number of nitrogens with one attached hydrogen (secondary N) is 1. The van der Waals surface area contributed by atoms with Crippen molar-refractivity contribution in [2.24, 2.45) is 5.41 Å². The number of para-hydroxylation sites is 1. The van der Waals surface area contributed by atoms with Gasteiger partial charge in [0.15, 0.2) is 0 Å². The number of aliphatic hydroxyl groups excluding tert-OH is 1. The minimum Gasteiger partial charge on any atom is -0.487 e. The Morgan fingerprint density at radius 2 is 2.14 bits per heavy atom. The van der Waals surface area contributed by atoms with E-state index in [-0.39, 0.29) is 36.8 Å². The zero-order chi connectivity index (χ0) is 16.0. The molecule has 116 valence electrons. The lowest BCUT2D eigenvalue weighted by molar-refractivity contribution is -0.385. The minimum atomic E-state index is -0.584. The zero-order valence-electron chi connectivity index (χ0n) is 12.4. The predicted octanol–water partition coefficient (Wildman–Crippen LogP) is 1.74. The van der Waals surface area contributed by atoms with Gasteiger partial charge in [-0.2, -0.15) is 0 Å². The fourth-order valence-electron chi connectivity index (χ4n) is 1.61.